The Labute approximate surface area is 141 Å². The van der Waals surface area contributed by atoms with Gasteiger partial charge in [-0.2, -0.15) is 10.2 Å². The van der Waals surface area contributed by atoms with Crippen molar-refractivity contribution in [1.29, 1.82) is 0 Å². The van der Waals surface area contributed by atoms with E-state index in [0.717, 1.165) is 24.1 Å². The minimum Gasteiger partial charge on any atom is -0.349 e. The molecule has 3 N–H and O–H groups in total. The summed E-state index contributed by atoms with van der Waals surface area (Å²) in [4.78, 5) is 35.2. The lowest BCUT2D eigenvalue weighted by molar-refractivity contribution is 0.0931. The minimum atomic E-state index is -0.470. The monoisotopic (exact) mass is 340 g/mol. The predicted octanol–water partition coefficient (Wildman–Crippen LogP) is -0.580. The minimum absolute atomic E-state index is 0.000306. The number of nitrogens with zero attached hydrogens (tertiary/aromatic N) is 5. The standard InChI is InChI=1S/C15H16N8O2/c24-14(20-10-1-2-12-9(3-10)4-18-22-12)11-5-17-13(21-15(11)25)6-23-8-16-7-19-23/h4-5,7-8,10H,1-3,6H2,(H,18,22)(H,20,24)(H,17,21,25)/t10-/m1/s1. The highest BCUT2D eigenvalue weighted by Gasteiger charge is 2.23. The Bertz CT molecular complexity index is 943. The number of rotatable bonds is 4. The number of nitrogens with one attached hydrogen (secondary N) is 3. The molecule has 3 aromatic heterocycles. The molecule has 0 saturated carbocycles. The average molecular weight is 340 g/mol. The third-order valence-corrected chi connectivity index (χ3v) is 4.23. The quantitative estimate of drug-likeness (QED) is 0.582. The number of hydrogen-bond acceptors (Lipinski definition) is 6. The highest BCUT2D eigenvalue weighted by molar-refractivity contribution is 5.93. The zero-order valence-corrected chi connectivity index (χ0v) is 13.3. The first-order valence-electron chi connectivity index (χ1n) is 7.91. The van der Waals surface area contributed by atoms with Crippen molar-refractivity contribution in [3.8, 4) is 0 Å². The summed E-state index contributed by atoms with van der Waals surface area (Å²) in [7, 11) is 0. The van der Waals surface area contributed by atoms with Gasteiger partial charge in [-0.1, -0.05) is 0 Å². The van der Waals surface area contributed by atoms with Crippen molar-refractivity contribution in [3.63, 3.8) is 0 Å². The molecule has 10 nitrogen and oxygen atoms in total. The van der Waals surface area contributed by atoms with E-state index in [1.807, 2.05) is 0 Å². The number of aryl methyl sites for hydroxylation is 1. The molecule has 0 spiro atoms. The second kappa shape index (κ2) is 6.30. The Morgan fingerprint density at radius 3 is 3.12 bits per heavy atom. The molecule has 0 radical (unpaired) electrons. The molecule has 1 aliphatic carbocycles. The molecule has 128 valence electrons. The van der Waals surface area contributed by atoms with Crippen molar-refractivity contribution in [2.75, 3.05) is 0 Å². The summed E-state index contributed by atoms with van der Waals surface area (Å²) in [5.74, 6) is -0.00856. The Morgan fingerprint density at radius 1 is 1.40 bits per heavy atom. The molecule has 3 heterocycles. The summed E-state index contributed by atoms with van der Waals surface area (Å²) in [6.45, 7) is 0.281. The number of aromatic amines is 2. The molecule has 4 rings (SSSR count). The molecule has 1 amide bonds. The van der Waals surface area contributed by atoms with Gasteiger partial charge in [0.05, 0.1) is 6.20 Å². The van der Waals surface area contributed by atoms with Crippen LogP contribution >= 0.6 is 0 Å². The van der Waals surface area contributed by atoms with Gasteiger partial charge < -0.3 is 10.3 Å². The van der Waals surface area contributed by atoms with Gasteiger partial charge in [0, 0.05) is 17.9 Å². The first-order valence-corrected chi connectivity index (χ1v) is 7.91. The van der Waals surface area contributed by atoms with Crippen LogP contribution in [0.2, 0.25) is 0 Å². The number of carbonyl (C=O) groups is 1. The molecule has 0 fully saturated rings. The van der Waals surface area contributed by atoms with Crippen molar-refractivity contribution in [3.05, 3.63) is 58.0 Å². The van der Waals surface area contributed by atoms with Gasteiger partial charge in [-0.3, -0.25) is 14.7 Å². The second-order valence-electron chi connectivity index (χ2n) is 5.95. The normalized spacial score (nSPS) is 16.4. The van der Waals surface area contributed by atoms with Gasteiger partial charge in [-0.05, 0) is 24.8 Å². The van der Waals surface area contributed by atoms with E-state index in [0.29, 0.717) is 12.2 Å². The topological polar surface area (TPSA) is 134 Å². The predicted molar refractivity (Wildman–Crippen MR) is 85.8 cm³/mol. The largest absolute Gasteiger partial charge is 0.349 e. The number of carbonyl (C=O) groups excluding carboxylic acids is 1. The zero-order chi connectivity index (χ0) is 17.2. The molecule has 0 bridgehead atoms. The molecule has 0 aliphatic heterocycles. The Balaban J connectivity index is 1.44. The van der Waals surface area contributed by atoms with Crippen LogP contribution in [0, 0.1) is 0 Å². The number of hydrogen-bond donors (Lipinski definition) is 3. The van der Waals surface area contributed by atoms with E-state index in [-0.39, 0.29) is 18.2 Å². The summed E-state index contributed by atoms with van der Waals surface area (Å²) in [5, 5.41) is 13.8. The fourth-order valence-corrected chi connectivity index (χ4v) is 2.94. The molecule has 1 atom stereocenters. The lowest BCUT2D eigenvalue weighted by Crippen LogP contribution is -2.41. The highest BCUT2D eigenvalue weighted by atomic mass is 16.2. The van der Waals surface area contributed by atoms with Crippen LogP contribution in [0.1, 0.15) is 33.9 Å². The summed E-state index contributed by atoms with van der Waals surface area (Å²) >= 11 is 0. The number of aromatic nitrogens is 7. The van der Waals surface area contributed by atoms with Gasteiger partial charge in [-0.15, -0.1) is 0 Å². The van der Waals surface area contributed by atoms with Crippen LogP contribution < -0.4 is 10.9 Å². The fraction of sp³-hybridized carbons (Fsp3) is 0.333. The van der Waals surface area contributed by atoms with Crippen molar-refractivity contribution in [2.24, 2.45) is 0 Å². The molecule has 25 heavy (non-hydrogen) atoms. The summed E-state index contributed by atoms with van der Waals surface area (Å²) in [5.41, 5.74) is 1.75. The third-order valence-electron chi connectivity index (χ3n) is 4.23. The van der Waals surface area contributed by atoms with E-state index in [4.69, 9.17) is 0 Å². The first kappa shape index (κ1) is 15.2. The van der Waals surface area contributed by atoms with Crippen LogP contribution in [0.15, 0.2) is 29.8 Å². The Morgan fingerprint density at radius 2 is 2.32 bits per heavy atom. The van der Waals surface area contributed by atoms with Gasteiger partial charge in [0.2, 0.25) is 0 Å². The van der Waals surface area contributed by atoms with Crippen molar-refractivity contribution >= 4 is 5.91 Å². The van der Waals surface area contributed by atoms with E-state index >= 15 is 0 Å². The van der Waals surface area contributed by atoms with Crippen LogP contribution in [0.5, 0.6) is 0 Å². The van der Waals surface area contributed by atoms with Gasteiger partial charge in [0.1, 0.15) is 30.6 Å². The summed E-state index contributed by atoms with van der Waals surface area (Å²) in [6, 6.07) is -0.0215. The third kappa shape index (κ3) is 3.18. The lowest BCUT2D eigenvalue weighted by atomic mass is 9.93. The molecule has 1 aliphatic rings. The summed E-state index contributed by atoms with van der Waals surface area (Å²) in [6.07, 6.45) is 8.33. The lowest BCUT2D eigenvalue weighted by Gasteiger charge is -2.22. The van der Waals surface area contributed by atoms with E-state index in [1.165, 1.54) is 23.5 Å². The molecule has 0 aromatic carbocycles. The molecular formula is C15H16N8O2. The van der Waals surface area contributed by atoms with Gasteiger partial charge in [0.25, 0.3) is 11.5 Å². The van der Waals surface area contributed by atoms with Crippen LogP contribution in [0.3, 0.4) is 0 Å². The van der Waals surface area contributed by atoms with Crippen molar-refractivity contribution in [2.45, 2.75) is 31.8 Å². The van der Waals surface area contributed by atoms with Crippen molar-refractivity contribution < 1.29 is 4.79 Å². The second-order valence-corrected chi connectivity index (χ2v) is 5.95. The molecular weight excluding hydrogens is 324 g/mol. The van der Waals surface area contributed by atoms with Gasteiger partial charge in [0.15, 0.2) is 0 Å². The smallest absolute Gasteiger partial charge is 0.263 e. The van der Waals surface area contributed by atoms with Gasteiger partial charge in [-0.25, -0.2) is 14.6 Å². The molecule has 0 unspecified atom stereocenters. The molecule has 0 saturated heterocycles. The summed E-state index contributed by atoms with van der Waals surface area (Å²) < 4.78 is 1.53. The van der Waals surface area contributed by atoms with E-state index in [9.17, 15) is 9.59 Å². The van der Waals surface area contributed by atoms with E-state index < -0.39 is 11.5 Å². The van der Waals surface area contributed by atoms with Crippen LogP contribution in [0.4, 0.5) is 0 Å². The molecule has 3 aromatic rings. The van der Waals surface area contributed by atoms with E-state index in [1.54, 1.807) is 6.20 Å². The zero-order valence-electron chi connectivity index (χ0n) is 13.3. The van der Waals surface area contributed by atoms with Crippen LogP contribution in [-0.4, -0.2) is 46.9 Å². The Kier molecular flexibility index (Phi) is 3.84. The number of fused-ring (bicyclic) bond motifs is 1. The maximum Gasteiger partial charge on any atom is 0.263 e. The Hall–Kier alpha value is -3.30. The van der Waals surface area contributed by atoms with E-state index in [2.05, 4.69) is 35.6 Å². The first-order chi connectivity index (χ1) is 12.2. The highest BCUT2D eigenvalue weighted by Crippen LogP contribution is 2.18. The van der Waals surface area contributed by atoms with Crippen LogP contribution in [-0.2, 0) is 19.4 Å². The number of H-pyrrole nitrogens is 2. The maximum atomic E-state index is 12.4. The number of amides is 1. The molecule has 10 heteroatoms. The fourth-order valence-electron chi connectivity index (χ4n) is 2.94. The van der Waals surface area contributed by atoms with Crippen molar-refractivity contribution in [1.82, 2.24) is 40.2 Å². The average Bonchev–Trinajstić information content (AvgIpc) is 3.25. The van der Waals surface area contributed by atoms with Gasteiger partial charge >= 0.3 is 0 Å². The maximum absolute atomic E-state index is 12.4. The SMILES string of the molecule is O=C(N[C@@H]1CCc2[nH]ncc2C1)c1cnc(Cn2cncn2)[nH]c1=O. The van der Waals surface area contributed by atoms with Crippen LogP contribution in [0.25, 0.3) is 0 Å².